The number of rotatable bonds is 4. The molecule has 0 radical (unpaired) electrons. The largest absolute Gasteiger partial charge is 0.493 e. The SMILES string of the molecule is COc1cc(C(=O)O)c(S(=O)(=O)Cl)cc1OC. The van der Waals surface area contributed by atoms with Crippen molar-refractivity contribution < 1.29 is 27.8 Å². The van der Waals surface area contributed by atoms with Crippen LogP contribution in [0.1, 0.15) is 10.4 Å². The van der Waals surface area contributed by atoms with Crippen molar-refractivity contribution in [1.82, 2.24) is 0 Å². The minimum absolute atomic E-state index is 0.0803. The second-order valence-electron chi connectivity index (χ2n) is 2.95. The van der Waals surface area contributed by atoms with Crippen LogP contribution in [0.15, 0.2) is 17.0 Å². The van der Waals surface area contributed by atoms with E-state index in [-0.39, 0.29) is 11.5 Å². The molecule has 0 atom stereocenters. The van der Waals surface area contributed by atoms with Crippen LogP contribution >= 0.6 is 10.7 Å². The lowest BCUT2D eigenvalue weighted by Crippen LogP contribution is -2.06. The molecule has 0 bridgehead atoms. The lowest BCUT2D eigenvalue weighted by atomic mass is 10.2. The van der Waals surface area contributed by atoms with Crippen molar-refractivity contribution in [2.45, 2.75) is 4.90 Å². The van der Waals surface area contributed by atoms with Gasteiger partial charge in [-0.15, -0.1) is 0 Å². The zero-order valence-corrected chi connectivity index (χ0v) is 10.5. The molecule has 1 rings (SSSR count). The average Bonchev–Trinajstić information content (AvgIpc) is 2.25. The van der Waals surface area contributed by atoms with Gasteiger partial charge in [0.25, 0.3) is 9.05 Å². The van der Waals surface area contributed by atoms with Gasteiger partial charge in [-0.1, -0.05) is 0 Å². The number of aromatic carboxylic acids is 1. The fourth-order valence-electron chi connectivity index (χ4n) is 1.23. The van der Waals surface area contributed by atoms with Crippen LogP contribution in [0.4, 0.5) is 0 Å². The van der Waals surface area contributed by atoms with Crippen LogP contribution in [0.5, 0.6) is 11.5 Å². The number of benzene rings is 1. The van der Waals surface area contributed by atoms with E-state index in [1.165, 1.54) is 14.2 Å². The maximum atomic E-state index is 11.2. The highest BCUT2D eigenvalue weighted by Crippen LogP contribution is 2.34. The topological polar surface area (TPSA) is 89.9 Å². The van der Waals surface area contributed by atoms with Crippen molar-refractivity contribution in [2.24, 2.45) is 0 Å². The maximum Gasteiger partial charge on any atom is 0.337 e. The number of carboxylic acid groups (broad SMARTS) is 1. The van der Waals surface area contributed by atoms with Gasteiger partial charge in [0, 0.05) is 16.7 Å². The summed E-state index contributed by atoms with van der Waals surface area (Å²) >= 11 is 0. The Hall–Kier alpha value is -1.47. The molecule has 0 aromatic heterocycles. The maximum absolute atomic E-state index is 11.2. The Bertz CT molecular complexity index is 551. The first kappa shape index (κ1) is 13.6. The normalized spacial score (nSPS) is 11.0. The zero-order chi connectivity index (χ0) is 13.2. The first-order valence-electron chi connectivity index (χ1n) is 4.25. The first-order chi connectivity index (χ1) is 7.81. The van der Waals surface area contributed by atoms with Crippen molar-refractivity contribution in [3.8, 4) is 11.5 Å². The van der Waals surface area contributed by atoms with Crippen molar-refractivity contribution in [3.05, 3.63) is 17.7 Å². The van der Waals surface area contributed by atoms with Gasteiger partial charge in [-0.25, -0.2) is 13.2 Å². The Morgan fingerprint density at radius 2 is 1.71 bits per heavy atom. The van der Waals surface area contributed by atoms with Gasteiger partial charge in [-0.3, -0.25) is 0 Å². The van der Waals surface area contributed by atoms with Gasteiger partial charge in [0.2, 0.25) is 0 Å². The number of hydrogen-bond donors (Lipinski definition) is 1. The summed E-state index contributed by atoms with van der Waals surface area (Å²) in [6.07, 6.45) is 0. The van der Waals surface area contributed by atoms with Crippen LogP contribution in [0.2, 0.25) is 0 Å². The van der Waals surface area contributed by atoms with Crippen LogP contribution in [-0.2, 0) is 9.05 Å². The molecule has 6 nitrogen and oxygen atoms in total. The van der Waals surface area contributed by atoms with Crippen molar-refractivity contribution in [3.63, 3.8) is 0 Å². The lowest BCUT2D eigenvalue weighted by molar-refractivity contribution is 0.0692. The molecular formula is C9H9ClO6S. The molecule has 1 aromatic carbocycles. The summed E-state index contributed by atoms with van der Waals surface area (Å²) in [5.41, 5.74) is -0.474. The minimum atomic E-state index is -4.18. The van der Waals surface area contributed by atoms with Gasteiger partial charge in [-0.05, 0) is 6.07 Å². The Kier molecular flexibility index (Phi) is 3.84. The van der Waals surface area contributed by atoms with E-state index < -0.39 is 25.5 Å². The predicted molar refractivity (Wildman–Crippen MR) is 59.5 cm³/mol. The molecule has 0 amide bonds. The van der Waals surface area contributed by atoms with E-state index in [0.29, 0.717) is 0 Å². The fraction of sp³-hybridized carbons (Fsp3) is 0.222. The number of carboxylic acids is 1. The van der Waals surface area contributed by atoms with Crippen LogP contribution in [0, 0.1) is 0 Å². The third kappa shape index (κ3) is 2.80. The molecule has 0 unspecified atom stereocenters. The van der Waals surface area contributed by atoms with E-state index >= 15 is 0 Å². The number of ether oxygens (including phenoxy) is 2. The van der Waals surface area contributed by atoms with Gasteiger partial charge in [-0.2, -0.15) is 0 Å². The minimum Gasteiger partial charge on any atom is -0.493 e. The molecular weight excluding hydrogens is 272 g/mol. The van der Waals surface area contributed by atoms with Gasteiger partial charge in [0.1, 0.15) is 4.90 Å². The van der Waals surface area contributed by atoms with Gasteiger partial charge < -0.3 is 14.6 Å². The standard InChI is InChI=1S/C9H9ClO6S/c1-15-6-3-5(9(11)12)8(17(10,13)14)4-7(6)16-2/h3-4H,1-2H3,(H,11,12). The van der Waals surface area contributed by atoms with E-state index in [0.717, 1.165) is 12.1 Å². The summed E-state index contributed by atoms with van der Waals surface area (Å²) in [5, 5.41) is 8.89. The molecule has 0 heterocycles. The van der Waals surface area contributed by atoms with Crippen molar-refractivity contribution >= 4 is 25.7 Å². The average molecular weight is 281 g/mol. The summed E-state index contributed by atoms with van der Waals surface area (Å²) in [5.74, 6) is -1.24. The first-order valence-corrected chi connectivity index (χ1v) is 6.56. The summed E-state index contributed by atoms with van der Waals surface area (Å²) in [4.78, 5) is 10.4. The third-order valence-electron chi connectivity index (χ3n) is 1.98. The fourth-order valence-corrected chi connectivity index (χ4v) is 2.27. The zero-order valence-electron chi connectivity index (χ0n) is 8.93. The molecule has 1 aromatic rings. The summed E-state index contributed by atoms with van der Waals surface area (Å²) in [6, 6.07) is 2.04. The number of methoxy groups -OCH3 is 2. The molecule has 0 aliphatic rings. The van der Waals surface area contributed by atoms with Crippen molar-refractivity contribution in [1.29, 1.82) is 0 Å². The quantitative estimate of drug-likeness (QED) is 0.837. The summed E-state index contributed by atoms with van der Waals surface area (Å²) in [6.45, 7) is 0. The van der Waals surface area contributed by atoms with Crippen LogP contribution in [-0.4, -0.2) is 33.7 Å². The molecule has 0 saturated heterocycles. The number of carbonyl (C=O) groups is 1. The second-order valence-corrected chi connectivity index (χ2v) is 5.48. The van der Waals surface area contributed by atoms with E-state index in [1.54, 1.807) is 0 Å². The Balaban J connectivity index is 3.64. The highest BCUT2D eigenvalue weighted by Gasteiger charge is 2.23. The van der Waals surface area contributed by atoms with Crippen LogP contribution in [0.25, 0.3) is 0 Å². The molecule has 0 saturated carbocycles. The Morgan fingerprint density at radius 3 is 2.06 bits per heavy atom. The molecule has 0 fully saturated rings. The van der Waals surface area contributed by atoms with Gasteiger partial charge in [0.15, 0.2) is 11.5 Å². The van der Waals surface area contributed by atoms with E-state index in [1.807, 2.05) is 0 Å². The van der Waals surface area contributed by atoms with Crippen molar-refractivity contribution in [2.75, 3.05) is 14.2 Å². The van der Waals surface area contributed by atoms with Gasteiger partial charge in [0.05, 0.1) is 19.8 Å². The third-order valence-corrected chi connectivity index (χ3v) is 3.34. The van der Waals surface area contributed by atoms with Crippen LogP contribution < -0.4 is 9.47 Å². The highest BCUT2D eigenvalue weighted by atomic mass is 35.7. The molecule has 0 aliphatic carbocycles. The van der Waals surface area contributed by atoms with Crippen LogP contribution in [0.3, 0.4) is 0 Å². The Labute approximate surface area is 102 Å². The highest BCUT2D eigenvalue weighted by molar-refractivity contribution is 8.13. The molecule has 17 heavy (non-hydrogen) atoms. The van der Waals surface area contributed by atoms with E-state index in [4.69, 9.17) is 25.3 Å². The smallest absolute Gasteiger partial charge is 0.337 e. The summed E-state index contributed by atoms with van der Waals surface area (Å²) < 4.78 is 32.2. The molecule has 94 valence electrons. The second kappa shape index (κ2) is 4.80. The number of hydrogen-bond acceptors (Lipinski definition) is 5. The summed E-state index contributed by atoms with van der Waals surface area (Å²) in [7, 11) is 3.56. The molecule has 8 heteroatoms. The molecule has 0 spiro atoms. The molecule has 1 N–H and O–H groups in total. The number of halogens is 1. The monoisotopic (exact) mass is 280 g/mol. The predicted octanol–water partition coefficient (Wildman–Crippen LogP) is 1.33. The van der Waals surface area contributed by atoms with E-state index in [9.17, 15) is 13.2 Å². The van der Waals surface area contributed by atoms with Gasteiger partial charge >= 0.3 is 5.97 Å². The molecule has 0 aliphatic heterocycles. The van der Waals surface area contributed by atoms with E-state index in [2.05, 4.69) is 0 Å². The Morgan fingerprint density at radius 1 is 1.24 bits per heavy atom. The lowest BCUT2D eigenvalue weighted by Gasteiger charge is -2.10.